The Kier molecular flexibility index (Phi) is 5.08. The first-order valence-electron chi connectivity index (χ1n) is 10.9. The summed E-state index contributed by atoms with van der Waals surface area (Å²) in [5, 5.41) is 0. The van der Waals surface area contributed by atoms with Gasteiger partial charge < -0.3 is 18.8 Å². The van der Waals surface area contributed by atoms with Crippen LogP contribution < -0.4 is 9.64 Å². The number of aromatic nitrogens is 2. The zero-order valence-electron chi connectivity index (χ0n) is 17.9. The van der Waals surface area contributed by atoms with Gasteiger partial charge in [-0.15, -0.1) is 0 Å². The summed E-state index contributed by atoms with van der Waals surface area (Å²) in [6.07, 6.45) is 5.51. The smallest absolute Gasteiger partial charge is 0.415 e. The molecule has 2 aliphatic heterocycles. The van der Waals surface area contributed by atoms with Gasteiger partial charge in [0.05, 0.1) is 31.2 Å². The van der Waals surface area contributed by atoms with Gasteiger partial charge in [0.15, 0.2) is 5.82 Å². The molecule has 1 amide bonds. The van der Waals surface area contributed by atoms with Crippen LogP contribution in [-0.2, 0) is 27.2 Å². The molecule has 1 aromatic carbocycles. The van der Waals surface area contributed by atoms with Crippen molar-refractivity contribution >= 4 is 17.9 Å². The highest BCUT2D eigenvalue weighted by atomic mass is 16.6. The highest BCUT2D eigenvalue weighted by Gasteiger charge is 2.35. The first-order chi connectivity index (χ1) is 15.0. The Bertz CT molecular complexity index is 1010. The molecule has 5 rings (SSSR count). The molecule has 2 aromatic rings. The number of benzene rings is 1. The highest BCUT2D eigenvalue weighted by Crippen LogP contribution is 2.39. The maximum Gasteiger partial charge on any atom is 0.415 e. The Morgan fingerprint density at radius 3 is 2.84 bits per heavy atom. The fraction of sp³-hybridized carbons (Fsp3) is 0.522. The minimum Gasteiger partial charge on any atom is -0.491 e. The maximum atomic E-state index is 12.3. The third-order valence-corrected chi connectivity index (χ3v) is 6.65. The Balaban J connectivity index is 1.44. The number of rotatable bonds is 5. The van der Waals surface area contributed by atoms with E-state index in [2.05, 4.69) is 0 Å². The monoisotopic (exact) mass is 425 g/mol. The Morgan fingerprint density at radius 1 is 1.32 bits per heavy atom. The number of hydrogen-bond acceptors (Lipinski definition) is 6. The fourth-order valence-electron chi connectivity index (χ4n) is 4.68. The number of nitrogens with zero attached hydrogens (tertiary/aromatic N) is 3. The van der Waals surface area contributed by atoms with Gasteiger partial charge in [-0.05, 0) is 49.8 Å². The average molecular weight is 425 g/mol. The number of fused-ring (bicyclic) bond motifs is 3. The summed E-state index contributed by atoms with van der Waals surface area (Å²) < 4.78 is 18.3. The molecule has 1 saturated heterocycles. The van der Waals surface area contributed by atoms with Crippen molar-refractivity contribution in [1.82, 2.24) is 9.55 Å². The molecule has 0 N–H and O–H groups in total. The van der Waals surface area contributed by atoms with Crippen LogP contribution in [0.15, 0.2) is 24.4 Å². The standard InChI is InChI=1S/C23H27N3O5/c1-14-13-31-23(28)26(14)20-12-25-8-9-30-19-11-15(6-7-17(19)21(25)24-20)10-18(22(27)29-2)16-4-3-5-16/h6-7,11-12,14,16,18H,3-5,8-10,13H2,1-2H3/t14-,18+/m1/s1. The minimum atomic E-state index is -0.363. The predicted octanol–water partition coefficient (Wildman–Crippen LogP) is 3.42. The van der Waals surface area contributed by atoms with Gasteiger partial charge >= 0.3 is 12.1 Å². The summed E-state index contributed by atoms with van der Waals surface area (Å²) >= 11 is 0. The van der Waals surface area contributed by atoms with Crippen LogP contribution in [0.1, 0.15) is 31.7 Å². The van der Waals surface area contributed by atoms with E-state index in [0.717, 1.165) is 35.5 Å². The molecule has 1 aromatic heterocycles. The van der Waals surface area contributed by atoms with E-state index in [9.17, 15) is 9.59 Å². The highest BCUT2D eigenvalue weighted by molar-refractivity contribution is 5.89. The molecule has 3 aliphatic rings. The van der Waals surface area contributed by atoms with E-state index in [1.165, 1.54) is 13.5 Å². The Hall–Kier alpha value is -3.03. The lowest BCUT2D eigenvalue weighted by Gasteiger charge is -2.32. The second kappa shape index (κ2) is 7.90. The number of carbonyl (C=O) groups excluding carboxylic acids is 2. The van der Waals surface area contributed by atoms with Crippen LogP contribution in [0.2, 0.25) is 0 Å². The number of imidazole rings is 1. The van der Waals surface area contributed by atoms with E-state index in [-0.39, 0.29) is 24.0 Å². The van der Waals surface area contributed by atoms with E-state index >= 15 is 0 Å². The quantitative estimate of drug-likeness (QED) is 0.683. The van der Waals surface area contributed by atoms with Gasteiger partial charge in [-0.1, -0.05) is 12.5 Å². The van der Waals surface area contributed by atoms with Gasteiger partial charge in [0, 0.05) is 6.20 Å². The largest absolute Gasteiger partial charge is 0.491 e. The van der Waals surface area contributed by atoms with Crippen LogP contribution in [0.25, 0.3) is 11.4 Å². The third-order valence-electron chi connectivity index (χ3n) is 6.65. The number of esters is 1. The zero-order valence-corrected chi connectivity index (χ0v) is 17.9. The van der Waals surface area contributed by atoms with Crippen molar-refractivity contribution in [1.29, 1.82) is 0 Å². The number of methoxy groups -OCH3 is 1. The SMILES string of the molecule is COC(=O)[C@@H](Cc1ccc2c(c1)OCCn1cc(N3C(=O)OC[C@H]3C)nc1-2)C1CCC1. The van der Waals surface area contributed by atoms with Crippen molar-refractivity contribution in [3.63, 3.8) is 0 Å². The summed E-state index contributed by atoms with van der Waals surface area (Å²) in [5.41, 5.74) is 1.93. The predicted molar refractivity (Wildman–Crippen MR) is 113 cm³/mol. The topological polar surface area (TPSA) is 82.9 Å². The zero-order chi connectivity index (χ0) is 21.5. The van der Waals surface area contributed by atoms with Crippen LogP contribution in [0.5, 0.6) is 5.75 Å². The van der Waals surface area contributed by atoms with Gasteiger partial charge in [-0.25, -0.2) is 9.78 Å². The van der Waals surface area contributed by atoms with Crippen LogP contribution in [0, 0.1) is 11.8 Å². The molecule has 0 unspecified atom stereocenters. The molecule has 1 saturated carbocycles. The molecule has 2 atom stereocenters. The third kappa shape index (κ3) is 3.54. The van der Waals surface area contributed by atoms with Crippen molar-refractivity contribution in [2.45, 2.75) is 45.2 Å². The van der Waals surface area contributed by atoms with E-state index in [1.807, 2.05) is 35.9 Å². The molecular weight excluding hydrogens is 398 g/mol. The van der Waals surface area contributed by atoms with Crippen LogP contribution >= 0.6 is 0 Å². The molecule has 31 heavy (non-hydrogen) atoms. The van der Waals surface area contributed by atoms with Crippen LogP contribution in [-0.4, -0.2) is 48.0 Å². The van der Waals surface area contributed by atoms with E-state index in [1.54, 1.807) is 4.90 Å². The maximum absolute atomic E-state index is 12.3. The average Bonchev–Trinajstić information content (AvgIpc) is 3.23. The molecule has 0 radical (unpaired) electrons. The lowest BCUT2D eigenvalue weighted by molar-refractivity contribution is -0.148. The number of anilines is 1. The molecule has 3 heterocycles. The van der Waals surface area contributed by atoms with E-state index in [0.29, 0.717) is 37.9 Å². The first kappa shape index (κ1) is 19.9. The summed E-state index contributed by atoms with van der Waals surface area (Å²) in [5.74, 6) is 2.27. The lowest BCUT2D eigenvalue weighted by atomic mass is 9.73. The van der Waals surface area contributed by atoms with Gasteiger partial charge in [0.25, 0.3) is 0 Å². The first-order valence-corrected chi connectivity index (χ1v) is 10.9. The van der Waals surface area contributed by atoms with E-state index < -0.39 is 0 Å². The number of cyclic esters (lactones) is 1. The van der Waals surface area contributed by atoms with E-state index in [4.69, 9.17) is 19.2 Å². The number of hydrogen-bond donors (Lipinski definition) is 0. The summed E-state index contributed by atoms with van der Waals surface area (Å²) in [4.78, 5) is 30.8. The molecule has 0 spiro atoms. The molecule has 8 nitrogen and oxygen atoms in total. The van der Waals surface area contributed by atoms with Crippen molar-refractivity contribution in [2.24, 2.45) is 11.8 Å². The van der Waals surface area contributed by atoms with Crippen molar-refractivity contribution in [3.8, 4) is 17.1 Å². The Labute approximate surface area is 181 Å². The van der Waals surface area contributed by atoms with Gasteiger partial charge in [-0.2, -0.15) is 0 Å². The summed E-state index contributed by atoms with van der Waals surface area (Å²) in [6.45, 7) is 3.45. The molecule has 0 bridgehead atoms. The van der Waals surface area contributed by atoms with Crippen molar-refractivity contribution < 1.29 is 23.8 Å². The normalized spacial score (nSPS) is 21.3. The molecule has 8 heteroatoms. The molecule has 164 valence electrons. The van der Waals surface area contributed by atoms with Crippen molar-refractivity contribution in [2.75, 3.05) is 25.2 Å². The fourth-order valence-corrected chi connectivity index (χ4v) is 4.68. The molecule has 2 fully saturated rings. The Morgan fingerprint density at radius 2 is 2.16 bits per heavy atom. The second-order valence-electron chi connectivity index (χ2n) is 8.62. The van der Waals surface area contributed by atoms with Crippen LogP contribution in [0.3, 0.4) is 0 Å². The number of ether oxygens (including phenoxy) is 3. The lowest BCUT2D eigenvalue weighted by Crippen LogP contribution is -2.31. The second-order valence-corrected chi connectivity index (χ2v) is 8.62. The molecular formula is C23H27N3O5. The van der Waals surface area contributed by atoms with Gasteiger partial charge in [0.2, 0.25) is 0 Å². The van der Waals surface area contributed by atoms with Gasteiger partial charge in [0.1, 0.15) is 24.8 Å². The minimum absolute atomic E-state index is 0.0495. The van der Waals surface area contributed by atoms with Crippen molar-refractivity contribution in [3.05, 3.63) is 30.0 Å². The summed E-state index contributed by atoms with van der Waals surface area (Å²) in [7, 11) is 1.46. The number of carbonyl (C=O) groups is 2. The molecule has 1 aliphatic carbocycles. The van der Waals surface area contributed by atoms with Crippen LogP contribution in [0.4, 0.5) is 10.6 Å². The summed E-state index contributed by atoms with van der Waals surface area (Å²) in [6, 6.07) is 6.00. The number of amides is 1. The van der Waals surface area contributed by atoms with Gasteiger partial charge in [-0.3, -0.25) is 9.69 Å².